The van der Waals surface area contributed by atoms with E-state index in [9.17, 15) is 5.11 Å². The van der Waals surface area contributed by atoms with Crippen LogP contribution in [-0.4, -0.2) is 31.5 Å². The normalized spacial score (nSPS) is 18.3. The molecule has 4 aromatic rings. The highest BCUT2D eigenvalue weighted by molar-refractivity contribution is 5.39. The summed E-state index contributed by atoms with van der Waals surface area (Å²) in [7, 11) is 0. The van der Waals surface area contributed by atoms with E-state index in [2.05, 4.69) is 18.1 Å². The first-order valence-electron chi connectivity index (χ1n) is 13.9. The average molecular weight is 551 g/mol. The standard InChI is InChI=1S/C35H34O6/c1-2-35(36)22-4-3-5-27-6-10-31(11-7-27)40-33-18-14-29(15-19-33)38-25-23-37-24-26-39-30-16-20-34(21-17-30)41-32-12-8-28(35)9-13-32/h1,6-21,36H,3-5,22-26H2. The predicted octanol–water partition coefficient (Wildman–Crippen LogP) is 7.29. The predicted molar refractivity (Wildman–Crippen MR) is 158 cm³/mol. The lowest BCUT2D eigenvalue weighted by Gasteiger charge is -2.23. The Morgan fingerprint density at radius 1 is 0.561 bits per heavy atom. The van der Waals surface area contributed by atoms with Crippen molar-refractivity contribution in [1.82, 2.24) is 0 Å². The molecule has 0 aliphatic carbocycles. The molecule has 7 aliphatic rings. The van der Waals surface area contributed by atoms with Crippen LogP contribution in [0.15, 0.2) is 97.1 Å². The molecule has 0 saturated carbocycles. The SMILES string of the molecule is C#CC1(O)CCCCc2ccc(cc2)Oc2ccc(cc2)OCCOCCOc2ccc(cc2)Oc2ccc1cc2. The van der Waals surface area contributed by atoms with E-state index in [1.165, 1.54) is 5.56 Å². The molecule has 11 rings (SSSR count). The number of terminal acetylenes is 1. The van der Waals surface area contributed by atoms with E-state index >= 15 is 0 Å². The van der Waals surface area contributed by atoms with Crippen molar-refractivity contribution in [3.05, 3.63) is 108 Å². The first kappa shape index (κ1) is 28.1. The molecule has 6 nitrogen and oxygen atoms in total. The van der Waals surface area contributed by atoms with Gasteiger partial charge in [0.1, 0.15) is 47.7 Å². The second kappa shape index (κ2) is 13.8. The van der Waals surface area contributed by atoms with Crippen molar-refractivity contribution < 1.29 is 28.8 Å². The van der Waals surface area contributed by atoms with Crippen LogP contribution >= 0.6 is 0 Å². The van der Waals surface area contributed by atoms with Crippen molar-refractivity contribution in [1.29, 1.82) is 0 Å². The molecule has 6 heteroatoms. The van der Waals surface area contributed by atoms with Gasteiger partial charge in [-0.15, -0.1) is 6.42 Å². The van der Waals surface area contributed by atoms with Crippen LogP contribution in [-0.2, 0) is 16.8 Å². The molecule has 4 aromatic carbocycles. The largest absolute Gasteiger partial charge is 0.491 e. The van der Waals surface area contributed by atoms with Crippen molar-refractivity contribution in [2.45, 2.75) is 31.3 Å². The Hall–Kier alpha value is -4.44. The van der Waals surface area contributed by atoms with Gasteiger partial charge in [0.05, 0.1) is 13.2 Å². The molecule has 8 bridgehead atoms. The fourth-order valence-electron chi connectivity index (χ4n) is 4.55. The van der Waals surface area contributed by atoms with Gasteiger partial charge in [-0.1, -0.05) is 30.2 Å². The van der Waals surface area contributed by atoms with Gasteiger partial charge in [-0.2, -0.15) is 0 Å². The highest BCUT2D eigenvalue weighted by Crippen LogP contribution is 2.31. The number of benzene rings is 4. The van der Waals surface area contributed by atoms with E-state index in [-0.39, 0.29) is 0 Å². The summed E-state index contributed by atoms with van der Waals surface area (Å²) in [6.07, 6.45) is 8.82. The summed E-state index contributed by atoms with van der Waals surface area (Å²) in [5.41, 5.74) is 0.549. The third kappa shape index (κ3) is 8.04. The van der Waals surface area contributed by atoms with Crippen LogP contribution in [0.1, 0.15) is 30.4 Å². The van der Waals surface area contributed by atoms with E-state index in [0.717, 1.165) is 42.3 Å². The summed E-state index contributed by atoms with van der Waals surface area (Å²) in [5, 5.41) is 11.2. The Bertz CT molecular complexity index is 1410. The number of hydrogen-bond donors (Lipinski definition) is 1. The maximum Gasteiger partial charge on any atom is 0.150 e. The number of rotatable bonds is 0. The Kier molecular flexibility index (Phi) is 9.43. The van der Waals surface area contributed by atoms with Gasteiger partial charge < -0.3 is 28.8 Å². The van der Waals surface area contributed by atoms with Crippen LogP contribution < -0.4 is 18.9 Å². The summed E-state index contributed by atoms with van der Waals surface area (Å²) in [4.78, 5) is 0. The van der Waals surface area contributed by atoms with Crippen molar-refractivity contribution in [2.75, 3.05) is 26.4 Å². The number of aliphatic hydroxyl groups is 1. The van der Waals surface area contributed by atoms with Gasteiger partial charge in [-0.05, 0) is 110 Å². The molecule has 7 heterocycles. The van der Waals surface area contributed by atoms with Gasteiger partial charge in [0.15, 0.2) is 5.60 Å². The van der Waals surface area contributed by atoms with Crippen LogP contribution in [0.25, 0.3) is 0 Å². The van der Waals surface area contributed by atoms with Crippen LogP contribution in [0.2, 0.25) is 0 Å². The fourth-order valence-corrected chi connectivity index (χ4v) is 4.55. The van der Waals surface area contributed by atoms with Gasteiger partial charge in [0.2, 0.25) is 0 Å². The molecule has 0 fully saturated rings. The van der Waals surface area contributed by atoms with E-state index < -0.39 is 5.60 Å². The number of hydrogen-bond acceptors (Lipinski definition) is 6. The summed E-state index contributed by atoms with van der Waals surface area (Å²) < 4.78 is 29.1. The molecule has 41 heavy (non-hydrogen) atoms. The van der Waals surface area contributed by atoms with Crippen molar-refractivity contribution >= 4 is 0 Å². The summed E-state index contributed by atoms with van der Waals surface area (Å²) in [6, 6.07) is 30.3. The smallest absolute Gasteiger partial charge is 0.150 e. The van der Waals surface area contributed by atoms with Gasteiger partial charge in [0.25, 0.3) is 0 Å². The zero-order chi connectivity index (χ0) is 28.3. The van der Waals surface area contributed by atoms with Crippen molar-refractivity contribution in [3.63, 3.8) is 0 Å². The van der Waals surface area contributed by atoms with Crippen molar-refractivity contribution in [2.24, 2.45) is 0 Å². The minimum atomic E-state index is -1.33. The maximum atomic E-state index is 11.2. The molecule has 1 unspecified atom stereocenters. The van der Waals surface area contributed by atoms with Gasteiger partial charge in [0, 0.05) is 0 Å². The zero-order valence-corrected chi connectivity index (χ0v) is 23.0. The summed E-state index contributed by atoms with van der Waals surface area (Å²) >= 11 is 0. The molecular weight excluding hydrogens is 516 g/mol. The second-order valence-corrected chi connectivity index (χ2v) is 9.84. The molecule has 0 amide bonds. The minimum absolute atomic E-state index is 0.423. The quantitative estimate of drug-likeness (QED) is 0.232. The monoisotopic (exact) mass is 550 g/mol. The fraction of sp³-hybridized carbons (Fsp3) is 0.257. The molecule has 0 radical (unpaired) electrons. The Morgan fingerprint density at radius 2 is 1.00 bits per heavy atom. The molecule has 7 aliphatic heterocycles. The van der Waals surface area contributed by atoms with Gasteiger partial charge in [-0.3, -0.25) is 0 Å². The molecule has 0 aromatic heterocycles. The Morgan fingerprint density at radius 3 is 1.49 bits per heavy atom. The lowest BCUT2D eigenvalue weighted by molar-refractivity contribution is 0.0764. The molecule has 1 N–H and O–H groups in total. The Labute approximate surface area is 241 Å². The van der Waals surface area contributed by atoms with E-state index in [0.29, 0.717) is 49.9 Å². The van der Waals surface area contributed by atoms with E-state index in [1.54, 1.807) is 0 Å². The van der Waals surface area contributed by atoms with Crippen molar-refractivity contribution in [3.8, 4) is 46.8 Å². The van der Waals surface area contributed by atoms with E-state index in [4.69, 9.17) is 30.1 Å². The summed E-state index contributed by atoms with van der Waals surface area (Å²) in [5.74, 6) is 6.91. The highest BCUT2D eigenvalue weighted by Gasteiger charge is 2.26. The zero-order valence-electron chi connectivity index (χ0n) is 23.0. The lowest BCUT2D eigenvalue weighted by atomic mass is 9.88. The molecule has 210 valence electrons. The molecule has 0 spiro atoms. The van der Waals surface area contributed by atoms with Gasteiger partial charge >= 0.3 is 0 Å². The second-order valence-electron chi connectivity index (χ2n) is 9.84. The van der Waals surface area contributed by atoms with Crippen LogP contribution in [0.5, 0.6) is 34.5 Å². The molecular formula is C35H34O6. The average Bonchev–Trinajstić information content (AvgIpc) is 3.01. The van der Waals surface area contributed by atoms with Crippen LogP contribution in [0.4, 0.5) is 0 Å². The third-order valence-electron chi connectivity index (χ3n) is 6.86. The highest BCUT2D eigenvalue weighted by atomic mass is 16.5. The number of ether oxygens (including phenoxy) is 5. The maximum absolute atomic E-state index is 11.2. The first-order chi connectivity index (χ1) is 20.1. The lowest BCUT2D eigenvalue weighted by Crippen LogP contribution is -2.23. The molecule has 1 atom stereocenters. The van der Waals surface area contributed by atoms with Gasteiger partial charge in [-0.25, -0.2) is 0 Å². The minimum Gasteiger partial charge on any atom is -0.491 e. The first-order valence-corrected chi connectivity index (χ1v) is 13.9. The summed E-state index contributed by atoms with van der Waals surface area (Å²) in [6.45, 7) is 1.77. The van der Waals surface area contributed by atoms with Crippen LogP contribution in [0, 0.1) is 12.3 Å². The Balaban J connectivity index is 1.25. The van der Waals surface area contributed by atoms with E-state index in [1.807, 2.05) is 84.9 Å². The molecule has 0 saturated heterocycles. The van der Waals surface area contributed by atoms with Crippen LogP contribution in [0.3, 0.4) is 0 Å². The third-order valence-corrected chi connectivity index (χ3v) is 6.86. The number of aryl methyl sites for hydroxylation is 1. The topological polar surface area (TPSA) is 66.4 Å².